The molecule has 0 bridgehead atoms. The lowest BCUT2D eigenvalue weighted by molar-refractivity contribution is -0.141. The van der Waals surface area contributed by atoms with Gasteiger partial charge in [0.05, 0.1) is 5.92 Å². The Kier molecular flexibility index (Phi) is 5.14. The molecule has 0 aromatic heterocycles. The zero-order valence-electron chi connectivity index (χ0n) is 11.5. The largest absolute Gasteiger partial charge is 0.481 e. The van der Waals surface area contributed by atoms with Gasteiger partial charge in [-0.3, -0.25) is 9.59 Å². The molecule has 0 radical (unpaired) electrons. The summed E-state index contributed by atoms with van der Waals surface area (Å²) in [5.74, 6) is -1.77. The number of hydrogen-bond acceptors (Lipinski definition) is 3. The summed E-state index contributed by atoms with van der Waals surface area (Å²) in [4.78, 5) is 36.8. The molecule has 0 spiro atoms. The lowest BCUT2D eigenvalue weighted by atomic mass is 10.2. The summed E-state index contributed by atoms with van der Waals surface area (Å²) in [6.45, 7) is 1.63. The molecule has 1 saturated carbocycles. The second-order valence-corrected chi connectivity index (χ2v) is 5.10. The predicted octanol–water partition coefficient (Wildman–Crippen LogP) is -0.0307. The van der Waals surface area contributed by atoms with E-state index in [0.29, 0.717) is 0 Å². The molecule has 0 aromatic carbocycles. The van der Waals surface area contributed by atoms with Crippen molar-refractivity contribution in [1.29, 1.82) is 0 Å². The maximum atomic E-state index is 11.9. The fourth-order valence-electron chi connectivity index (χ4n) is 1.64. The van der Waals surface area contributed by atoms with E-state index in [1.54, 1.807) is 0 Å². The average molecular weight is 271 g/mol. The number of likely N-dealkylation sites (N-methyl/N-ethyl adjacent to an activating group) is 1. The van der Waals surface area contributed by atoms with E-state index in [1.807, 2.05) is 0 Å². The lowest BCUT2D eigenvalue weighted by Crippen LogP contribution is -2.46. The molecule has 0 aromatic rings. The fraction of sp³-hybridized carbons (Fsp3) is 0.750. The Morgan fingerprint density at radius 3 is 2.32 bits per heavy atom. The maximum Gasteiger partial charge on any atom is 0.319 e. The zero-order chi connectivity index (χ0) is 14.6. The van der Waals surface area contributed by atoms with Gasteiger partial charge in [-0.25, -0.2) is 4.79 Å². The van der Waals surface area contributed by atoms with Crippen molar-refractivity contribution in [3.63, 3.8) is 0 Å². The summed E-state index contributed by atoms with van der Waals surface area (Å²) in [6, 6.07) is -0.0974. The Bertz CT molecular complexity index is 368. The first-order valence-electron chi connectivity index (χ1n) is 6.29. The Balaban J connectivity index is 2.37. The molecule has 3 amide bonds. The quantitative estimate of drug-likeness (QED) is 0.710. The van der Waals surface area contributed by atoms with Crippen molar-refractivity contribution < 1.29 is 19.5 Å². The average Bonchev–Trinajstić information content (AvgIpc) is 3.11. The molecular weight excluding hydrogens is 250 g/mol. The lowest BCUT2D eigenvalue weighted by Gasteiger charge is -2.25. The van der Waals surface area contributed by atoms with Gasteiger partial charge < -0.3 is 20.2 Å². The minimum atomic E-state index is -0.950. The van der Waals surface area contributed by atoms with Gasteiger partial charge in [0.2, 0.25) is 5.91 Å². The van der Waals surface area contributed by atoms with Crippen molar-refractivity contribution in [2.24, 2.45) is 5.92 Å². The van der Waals surface area contributed by atoms with Gasteiger partial charge >= 0.3 is 12.0 Å². The molecule has 1 aliphatic rings. The van der Waals surface area contributed by atoms with Crippen LogP contribution in [0.2, 0.25) is 0 Å². The molecule has 1 atom stereocenters. The van der Waals surface area contributed by atoms with E-state index in [0.717, 1.165) is 12.8 Å². The van der Waals surface area contributed by atoms with Crippen molar-refractivity contribution in [2.45, 2.75) is 25.8 Å². The third-order valence-corrected chi connectivity index (χ3v) is 2.95. The Hall–Kier alpha value is -1.79. The van der Waals surface area contributed by atoms with Crippen LogP contribution in [0.3, 0.4) is 0 Å². The van der Waals surface area contributed by atoms with E-state index < -0.39 is 11.9 Å². The molecule has 1 aliphatic carbocycles. The molecule has 7 nitrogen and oxygen atoms in total. The Morgan fingerprint density at radius 2 is 1.84 bits per heavy atom. The van der Waals surface area contributed by atoms with E-state index in [1.165, 1.54) is 30.8 Å². The number of aliphatic carboxylic acids is 1. The number of rotatable bonds is 6. The van der Waals surface area contributed by atoms with Crippen molar-refractivity contribution in [2.75, 3.05) is 27.2 Å². The first-order valence-corrected chi connectivity index (χ1v) is 6.29. The number of urea groups is 1. The van der Waals surface area contributed by atoms with Gasteiger partial charge in [0.25, 0.3) is 0 Å². The van der Waals surface area contributed by atoms with Gasteiger partial charge in [-0.05, 0) is 12.8 Å². The number of hydrogen-bond donors (Lipinski definition) is 2. The van der Waals surface area contributed by atoms with Crippen LogP contribution >= 0.6 is 0 Å². The van der Waals surface area contributed by atoms with E-state index in [2.05, 4.69) is 5.32 Å². The standard InChI is InChI=1S/C12H21N3O4/c1-8(11(17)18)6-14(2)12(19)15(3)7-10(16)13-9-4-5-9/h8-9H,4-7H2,1-3H3,(H,13,16)(H,17,18). The van der Waals surface area contributed by atoms with Crippen LogP contribution in [0, 0.1) is 5.92 Å². The molecule has 1 fully saturated rings. The topological polar surface area (TPSA) is 90.0 Å². The van der Waals surface area contributed by atoms with Gasteiger partial charge in [-0.15, -0.1) is 0 Å². The van der Waals surface area contributed by atoms with Gasteiger partial charge in [-0.2, -0.15) is 0 Å². The number of amides is 3. The molecular formula is C12H21N3O4. The van der Waals surface area contributed by atoms with Gasteiger partial charge in [-0.1, -0.05) is 6.92 Å². The van der Waals surface area contributed by atoms with Crippen LogP contribution in [0.25, 0.3) is 0 Å². The van der Waals surface area contributed by atoms with E-state index in [4.69, 9.17) is 5.11 Å². The summed E-state index contributed by atoms with van der Waals surface area (Å²) in [5, 5.41) is 11.6. The number of carboxylic acids is 1. The molecule has 19 heavy (non-hydrogen) atoms. The number of nitrogens with zero attached hydrogens (tertiary/aromatic N) is 2. The highest BCUT2D eigenvalue weighted by Crippen LogP contribution is 2.18. The highest BCUT2D eigenvalue weighted by molar-refractivity contribution is 5.84. The monoisotopic (exact) mass is 271 g/mol. The minimum absolute atomic E-state index is 0.0128. The zero-order valence-corrected chi connectivity index (χ0v) is 11.5. The predicted molar refractivity (Wildman–Crippen MR) is 68.6 cm³/mol. The van der Waals surface area contributed by atoms with Crippen LogP contribution in [0.1, 0.15) is 19.8 Å². The molecule has 2 N–H and O–H groups in total. The minimum Gasteiger partial charge on any atom is -0.481 e. The van der Waals surface area contributed by atoms with Crippen molar-refractivity contribution >= 4 is 17.9 Å². The molecule has 0 heterocycles. The number of carbonyl (C=O) groups is 3. The summed E-state index contributed by atoms with van der Waals surface area (Å²) < 4.78 is 0. The molecule has 7 heteroatoms. The van der Waals surface area contributed by atoms with Gasteiger partial charge in [0.15, 0.2) is 0 Å². The number of carboxylic acid groups (broad SMARTS) is 1. The van der Waals surface area contributed by atoms with Crippen LogP contribution in [-0.2, 0) is 9.59 Å². The highest BCUT2D eigenvalue weighted by atomic mass is 16.4. The number of nitrogens with one attached hydrogen (secondary N) is 1. The summed E-state index contributed by atoms with van der Waals surface area (Å²) in [6.07, 6.45) is 2.00. The van der Waals surface area contributed by atoms with E-state index in [-0.39, 0.29) is 31.1 Å². The van der Waals surface area contributed by atoms with Crippen LogP contribution < -0.4 is 5.32 Å². The second-order valence-electron chi connectivity index (χ2n) is 5.10. The third kappa shape index (κ3) is 5.15. The summed E-state index contributed by atoms with van der Waals surface area (Å²) in [7, 11) is 3.05. The van der Waals surface area contributed by atoms with Crippen molar-refractivity contribution in [1.82, 2.24) is 15.1 Å². The van der Waals surface area contributed by atoms with Crippen molar-refractivity contribution in [3.05, 3.63) is 0 Å². The van der Waals surface area contributed by atoms with Crippen LogP contribution in [-0.4, -0.2) is 66.0 Å². The molecule has 1 unspecified atom stereocenters. The fourth-order valence-corrected chi connectivity index (χ4v) is 1.64. The molecule has 108 valence electrons. The van der Waals surface area contributed by atoms with Crippen LogP contribution in [0.4, 0.5) is 4.79 Å². The van der Waals surface area contributed by atoms with E-state index in [9.17, 15) is 14.4 Å². The molecule has 0 aliphatic heterocycles. The second kappa shape index (κ2) is 6.40. The smallest absolute Gasteiger partial charge is 0.319 e. The van der Waals surface area contributed by atoms with Crippen LogP contribution in [0.15, 0.2) is 0 Å². The number of carbonyl (C=O) groups excluding carboxylic acids is 2. The van der Waals surface area contributed by atoms with Gasteiger partial charge in [0, 0.05) is 26.7 Å². The first kappa shape index (κ1) is 15.3. The van der Waals surface area contributed by atoms with E-state index >= 15 is 0 Å². The first-order chi connectivity index (χ1) is 8.81. The van der Waals surface area contributed by atoms with Crippen LogP contribution in [0.5, 0.6) is 0 Å². The van der Waals surface area contributed by atoms with Gasteiger partial charge in [0.1, 0.15) is 6.54 Å². The van der Waals surface area contributed by atoms with Crippen molar-refractivity contribution in [3.8, 4) is 0 Å². The Labute approximate surface area is 112 Å². The molecule has 1 rings (SSSR count). The Morgan fingerprint density at radius 1 is 1.26 bits per heavy atom. The highest BCUT2D eigenvalue weighted by Gasteiger charge is 2.25. The SMILES string of the molecule is CC(CN(C)C(=O)N(C)CC(=O)NC1CC1)C(=O)O. The molecule has 0 saturated heterocycles. The third-order valence-electron chi connectivity index (χ3n) is 2.95. The summed E-state index contributed by atoms with van der Waals surface area (Å²) in [5.41, 5.74) is 0. The normalized spacial score (nSPS) is 15.5. The maximum absolute atomic E-state index is 11.9. The summed E-state index contributed by atoms with van der Waals surface area (Å²) >= 11 is 0.